The van der Waals surface area contributed by atoms with Crippen molar-refractivity contribution >= 4 is 17.8 Å². The summed E-state index contributed by atoms with van der Waals surface area (Å²) in [5.41, 5.74) is -1.16. The maximum Gasteiger partial charge on any atom is 0.426 e. The summed E-state index contributed by atoms with van der Waals surface area (Å²) in [5, 5.41) is 0. The molecule has 0 unspecified atom stereocenters. The van der Waals surface area contributed by atoms with Crippen LogP contribution in [0.4, 0.5) is 4.79 Å². The minimum atomic E-state index is -1.16. The molecule has 0 N–H and O–H groups in total. The van der Waals surface area contributed by atoms with Gasteiger partial charge in [0.05, 0.1) is 0 Å². The Hall–Kier alpha value is -2.43. The molecule has 0 saturated carbocycles. The fourth-order valence-electron chi connectivity index (χ4n) is 2.39. The minimum absolute atomic E-state index is 0.263. The maximum absolute atomic E-state index is 12.5. The Morgan fingerprint density at radius 3 is 2.33 bits per heavy atom. The quantitative estimate of drug-likeness (QED) is 0.802. The molecular weight excluding hydrogens is 270 g/mol. The summed E-state index contributed by atoms with van der Waals surface area (Å²) in [7, 11) is 0. The van der Waals surface area contributed by atoms with E-state index in [-0.39, 0.29) is 5.78 Å². The van der Waals surface area contributed by atoms with Crippen LogP contribution < -0.4 is 4.74 Å². The maximum atomic E-state index is 12.5. The van der Waals surface area contributed by atoms with Crippen molar-refractivity contribution in [3.8, 4) is 5.75 Å². The highest BCUT2D eigenvalue weighted by Gasteiger charge is 2.47. The second-order valence-corrected chi connectivity index (χ2v) is 4.83. The molecule has 1 aromatic carbocycles. The minimum Gasteiger partial charge on any atom is -0.410 e. The van der Waals surface area contributed by atoms with Crippen molar-refractivity contribution in [1.29, 1.82) is 0 Å². The third kappa shape index (κ3) is 2.59. The number of para-hydroxylation sites is 1. The molecule has 1 aliphatic rings. The first-order valence-corrected chi connectivity index (χ1v) is 6.88. The Balaban J connectivity index is 2.24. The van der Waals surface area contributed by atoms with Crippen molar-refractivity contribution in [1.82, 2.24) is 4.90 Å². The van der Waals surface area contributed by atoms with E-state index in [0.717, 1.165) is 4.90 Å². The van der Waals surface area contributed by atoms with Crippen LogP contribution in [-0.4, -0.2) is 22.7 Å². The van der Waals surface area contributed by atoms with E-state index >= 15 is 0 Å². The lowest BCUT2D eigenvalue weighted by Gasteiger charge is -2.34. The van der Waals surface area contributed by atoms with Gasteiger partial charge in [-0.05, 0) is 31.1 Å². The summed E-state index contributed by atoms with van der Waals surface area (Å²) >= 11 is 0. The molecule has 2 rings (SSSR count). The molecule has 5 heteroatoms. The number of hydrogen-bond donors (Lipinski definition) is 0. The van der Waals surface area contributed by atoms with E-state index in [1.807, 2.05) is 0 Å². The molecule has 110 valence electrons. The summed E-state index contributed by atoms with van der Waals surface area (Å²) < 4.78 is 5.15. The fourth-order valence-corrected chi connectivity index (χ4v) is 2.39. The van der Waals surface area contributed by atoms with Gasteiger partial charge in [-0.15, -0.1) is 0 Å². The van der Waals surface area contributed by atoms with E-state index in [2.05, 4.69) is 0 Å². The smallest absolute Gasteiger partial charge is 0.410 e. The first-order valence-electron chi connectivity index (χ1n) is 6.88. The van der Waals surface area contributed by atoms with Gasteiger partial charge in [-0.1, -0.05) is 32.0 Å². The van der Waals surface area contributed by atoms with E-state index in [4.69, 9.17) is 4.74 Å². The Bertz CT molecular complexity index is 588. The van der Waals surface area contributed by atoms with E-state index in [1.54, 1.807) is 44.2 Å². The molecule has 0 aliphatic carbocycles. The molecule has 0 fully saturated rings. The van der Waals surface area contributed by atoms with Gasteiger partial charge in [-0.25, -0.2) is 9.69 Å². The van der Waals surface area contributed by atoms with Crippen LogP contribution in [0, 0.1) is 5.41 Å². The van der Waals surface area contributed by atoms with Crippen LogP contribution in [0.2, 0.25) is 0 Å². The summed E-state index contributed by atoms with van der Waals surface area (Å²) in [6.45, 7) is 3.53. The van der Waals surface area contributed by atoms with E-state index in [1.165, 1.54) is 12.3 Å². The molecule has 0 saturated heterocycles. The molecule has 1 aromatic rings. The summed E-state index contributed by atoms with van der Waals surface area (Å²) in [4.78, 5) is 37.5. The van der Waals surface area contributed by atoms with Crippen LogP contribution in [0.1, 0.15) is 26.7 Å². The van der Waals surface area contributed by atoms with Crippen molar-refractivity contribution in [2.75, 3.05) is 0 Å². The predicted octanol–water partition coefficient (Wildman–Crippen LogP) is 2.92. The molecule has 2 amide bonds. The van der Waals surface area contributed by atoms with Crippen LogP contribution in [0.15, 0.2) is 42.6 Å². The highest BCUT2D eigenvalue weighted by atomic mass is 16.6. The Morgan fingerprint density at radius 1 is 1.14 bits per heavy atom. The third-order valence-corrected chi connectivity index (χ3v) is 3.83. The first kappa shape index (κ1) is 15.0. The zero-order valence-electron chi connectivity index (χ0n) is 12.0. The number of ketones is 1. The van der Waals surface area contributed by atoms with Gasteiger partial charge < -0.3 is 4.74 Å². The molecule has 0 atom stereocenters. The van der Waals surface area contributed by atoms with E-state index < -0.39 is 17.4 Å². The van der Waals surface area contributed by atoms with Crippen LogP contribution in [0.3, 0.4) is 0 Å². The van der Waals surface area contributed by atoms with Gasteiger partial charge in [0.15, 0.2) is 5.78 Å². The molecule has 21 heavy (non-hydrogen) atoms. The largest absolute Gasteiger partial charge is 0.426 e. The molecule has 1 heterocycles. The van der Waals surface area contributed by atoms with Crippen molar-refractivity contribution in [3.05, 3.63) is 42.6 Å². The first-order chi connectivity index (χ1) is 10.0. The second-order valence-electron chi connectivity index (χ2n) is 4.83. The van der Waals surface area contributed by atoms with Crippen molar-refractivity contribution in [3.63, 3.8) is 0 Å². The fraction of sp³-hybridized carbons (Fsp3) is 0.312. The number of hydrogen-bond acceptors (Lipinski definition) is 4. The third-order valence-electron chi connectivity index (χ3n) is 3.83. The number of rotatable bonds is 3. The normalized spacial score (nSPS) is 17.0. The number of benzene rings is 1. The van der Waals surface area contributed by atoms with Crippen molar-refractivity contribution in [2.24, 2.45) is 5.41 Å². The summed E-state index contributed by atoms with van der Waals surface area (Å²) in [6.07, 6.45) is 2.34. The average molecular weight is 287 g/mol. The second kappa shape index (κ2) is 5.91. The molecule has 0 bridgehead atoms. The standard InChI is InChI=1S/C16H17NO4/c1-3-16(4-2)13(18)10-11-17(14(16)19)15(20)21-12-8-6-5-7-9-12/h5-11H,3-4H2,1-2H3. The summed E-state index contributed by atoms with van der Waals surface area (Å²) in [6, 6.07) is 8.48. The number of amides is 2. The molecule has 5 nitrogen and oxygen atoms in total. The van der Waals surface area contributed by atoms with Gasteiger partial charge in [-0.2, -0.15) is 0 Å². The number of imide groups is 1. The summed E-state index contributed by atoms with van der Waals surface area (Å²) in [5.74, 6) is -0.443. The van der Waals surface area contributed by atoms with Crippen molar-refractivity contribution < 1.29 is 19.1 Å². The van der Waals surface area contributed by atoms with Crippen LogP contribution in [0.25, 0.3) is 0 Å². The predicted molar refractivity (Wildman–Crippen MR) is 76.5 cm³/mol. The lowest BCUT2D eigenvalue weighted by Crippen LogP contribution is -2.51. The highest BCUT2D eigenvalue weighted by molar-refractivity contribution is 6.16. The number of allylic oxidation sites excluding steroid dienone is 1. The van der Waals surface area contributed by atoms with Crippen LogP contribution in [0.5, 0.6) is 5.75 Å². The average Bonchev–Trinajstić information content (AvgIpc) is 2.49. The molecule has 1 aliphatic heterocycles. The van der Waals surface area contributed by atoms with E-state index in [0.29, 0.717) is 18.6 Å². The number of nitrogens with zero attached hydrogens (tertiary/aromatic N) is 1. The van der Waals surface area contributed by atoms with E-state index in [9.17, 15) is 14.4 Å². The van der Waals surface area contributed by atoms with Gasteiger partial charge in [0.25, 0.3) is 0 Å². The Labute approximate surface area is 123 Å². The van der Waals surface area contributed by atoms with Gasteiger partial charge in [0.2, 0.25) is 5.91 Å². The Kier molecular flexibility index (Phi) is 4.21. The molecular formula is C16H17NO4. The Morgan fingerprint density at radius 2 is 1.76 bits per heavy atom. The van der Waals surface area contributed by atoms with Crippen LogP contribution in [-0.2, 0) is 9.59 Å². The van der Waals surface area contributed by atoms with Gasteiger partial charge in [-0.3, -0.25) is 9.59 Å². The lowest BCUT2D eigenvalue weighted by atomic mass is 9.75. The van der Waals surface area contributed by atoms with Gasteiger partial charge in [0, 0.05) is 6.20 Å². The monoisotopic (exact) mass is 287 g/mol. The molecule has 0 radical (unpaired) electrons. The topological polar surface area (TPSA) is 63.7 Å². The molecule has 0 spiro atoms. The number of carbonyl (C=O) groups excluding carboxylic acids is 3. The SMILES string of the molecule is CCC1(CC)C(=O)C=CN(C(=O)Oc2ccccc2)C1=O. The van der Waals surface area contributed by atoms with Gasteiger partial charge in [0.1, 0.15) is 11.2 Å². The number of ether oxygens (including phenoxy) is 1. The van der Waals surface area contributed by atoms with Crippen LogP contribution >= 0.6 is 0 Å². The highest BCUT2D eigenvalue weighted by Crippen LogP contribution is 2.34. The van der Waals surface area contributed by atoms with Crippen molar-refractivity contribution in [2.45, 2.75) is 26.7 Å². The molecule has 0 aromatic heterocycles. The van der Waals surface area contributed by atoms with Gasteiger partial charge >= 0.3 is 6.09 Å². The lowest BCUT2D eigenvalue weighted by molar-refractivity contribution is -0.146. The number of carbonyl (C=O) groups is 3. The zero-order valence-corrected chi connectivity index (χ0v) is 12.0. The zero-order chi connectivity index (χ0) is 15.5.